The Morgan fingerprint density at radius 1 is 1.53 bits per heavy atom. The van der Waals surface area contributed by atoms with Gasteiger partial charge in [-0.2, -0.15) is 0 Å². The lowest BCUT2D eigenvalue weighted by Crippen LogP contribution is -2.30. The molecule has 0 bridgehead atoms. The largest absolute Gasteiger partial charge is 0.465 e. The van der Waals surface area contributed by atoms with Crippen LogP contribution in [0.2, 0.25) is 0 Å². The minimum Gasteiger partial charge on any atom is -0.465 e. The average Bonchev–Trinajstić information content (AvgIpc) is 2.91. The maximum absolute atomic E-state index is 13.4. The summed E-state index contributed by atoms with van der Waals surface area (Å²) in [6, 6.07) is 2.96. The fourth-order valence-electron chi connectivity index (χ4n) is 2.30. The van der Waals surface area contributed by atoms with Crippen LogP contribution in [0.15, 0.2) is 16.7 Å². The molecule has 3 heterocycles. The molecule has 2 aromatic heterocycles. The van der Waals surface area contributed by atoms with Crippen LogP contribution in [0.1, 0.15) is 18.3 Å². The predicted molar refractivity (Wildman–Crippen MR) is 68.6 cm³/mol. The first-order valence-corrected chi connectivity index (χ1v) is 6.49. The third-order valence-electron chi connectivity index (χ3n) is 3.14. The SMILES string of the molecule is O=C(O)N1C[C@H](F)C[C@H]1c1nc2nc(Br)ccc2[nH]1. The van der Waals surface area contributed by atoms with Gasteiger partial charge in [0.2, 0.25) is 0 Å². The van der Waals surface area contributed by atoms with Gasteiger partial charge in [0.1, 0.15) is 16.6 Å². The zero-order valence-electron chi connectivity index (χ0n) is 9.68. The van der Waals surface area contributed by atoms with Crippen LogP contribution in [0, 0.1) is 0 Å². The molecule has 8 heteroatoms. The van der Waals surface area contributed by atoms with Crippen molar-refractivity contribution in [3.63, 3.8) is 0 Å². The van der Waals surface area contributed by atoms with Gasteiger partial charge in [0.15, 0.2) is 5.65 Å². The lowest BCUT2D eigenvalue weighted by Gasteiger charge is -2.18. The minimum atomic E-state index is -1.16. The van der Waals surface area contributed by atoms with Crippen molar-refractivity contribution in [2.75, 3.05) is 6.54 Å². The van der Waals surface area contributed by atoms with E-state index in [-0.39, 0.29) is 13.0 Å². The summed E-state index contributed by atoms with van der Waals surface area (Å²) < 4.78 is 14.1. The Labute approximate surface area is 115 Å². The highest BCUT2D eigenvalue weighted by Gasteiger charge is 2.38. The molecule has 0 radical (unpaired) electrons. The van der Waals surface area contributed by atoms with E-state index in [9.17, 15) is 9.18 Å². The number of hydrogen-bond acceptors (Lipinski definition) is 3. The molecule has 2 N–H and O–H groups in total. The van der Waals surface area contributed by atoms with E-state index in [1.54, 1.807) is 12.1 Å². The summed E-state index contributed by atoms with van der Waals surface area (Å²) in [6.45, 7) is -0.117. The lowest BCUT2D eigenvalue weighted by atomic mass is 10.2. The number of carboxylic acid groups (broad SMARTS) is 1. The zero-order chi connectivity index (χ0) is 13.6. The number of halogens is 2. The van der Waals surface area contributed by atoms with E-state index in [1.165, 1.54) is 0 Å². The van der Waals surface area contributed by atoms with Crippen molar-refractivity contribution in [1.29, 1.82) is 0 Å². The van der Waals surface area contributed by atoms with Gasteiger partial charge < -0.3 is 10.1 Å². The number of nitrogens with one attached hydrogen (secondary N) is 1. The Morgan fingerprint density at radius 2 is 2.32 bits per heavy atom. The van der Waals surface area contributed by atoms with Crippen molar-refractivity contribution < 1.29 is 14.3 Å². The lowest BCUT2D eigenvalue weighted by molar-refractivity contribution is 0.137. The van der Waals surface area contributed by atoms with Crippen molar-refractivity contribution in [1.82, 2.24) is 19.9 Å². The molecule has 0 unspecified atom stereocenters. The van der Waals surface area contributed by atoms with Gasteiger partial charge in [-0.25, -0.2) is 19.2 Å². The highest BCUT2D eigenvalue weighted by molar-refractivity contribution is 9.10. The molecule has 1 aliphatic heterocycles. The van der Waals surface area contributed by atoms with Gasteiger partial charge in [0, 0.05) is 6.42 Å². The molecule has 1 amide bonds. The molecule has 2 aromatic rings. The molecule has 2 atom stereocenters. The zero-order valence-corrected chi connectivity index (χ0v) is 11.3. The number of likely N-dealkylation sites (tertiary alicyclic amines) is 1. The molecule has 0 spiro atoms. The van der Waals surface area contributed by atoms with E-state index in [1.807, 2.05) is 0 Å². The second-order valence-electron chi connectivity index (χ2n) is 4.41. The molecule has 3 rings (SSSR count). The smallest absolute Gasteiger partial charge is 0.408 e. The van der Waals surface area contributed by atoms with E-state index in [0.29, 0.717) is 21.6 Å². The normalized spacial score (nSPS) is 23.2. The molecule has 1 aliphatic rings. The number of aromatic amines is 1. The highest BCUT2D eigenvalue weighted by Crippen LogP contribution is 2.32. The van der Waals surface area contributed by atoms with Gasteiger partial charge in [0.05, 0.1) is 18.1 Å². The second-order valence-corrected chi connectivity index (χ2v) is 5.22. The monoisotopic (exact) mass is 328 g/mol. The first kappa shape index (κ1) is 12.3. The molecule has 0 aliphatic carbocycles. The van der Waals surface area contributed by atoms with Crippen molar-refractivity contribution >= 4 is 33.2 Å². The first-order valence-electron chi connectivity index (χ1n) is 5.70. The van der Waals surface area contributed by atoms with Crippen LogP contribution in [0.3, 0.4) is 0 Å². The van der Waals surface area contributed by atoms with Gasteiger partial charge in [-0.15, -0.1) is 0 Å². The highest BCUT2D eigenvalue weighted by atomic mass is 79.9. The van der Waals surface area contributed by atoms with Crippen molar-refractivity contribution in [3.05, 3.63) is 22.6 Å². The van der Waals surface area contributed by atoms with Gasteiger partial charge in [-0.05, 0) is 28.1 Å². The molecular weight excluding hydrogens is 319 g/mol. The fraction of sp³-hybridized carbons (Fsp3) is 0.364. The molecule has 0 aromatic carbocycles. The van der Waals surface area contributed by atoms with Gasteiger partial charge >= 0.3 is 6.09 Å². The Balaban J connectivity index is 2.01. The summed E-state index contributed by atoms with van der Waals surface area (Å²) in [5, 5.41) is 9.08. The van der Waals surface area contributed by atoms with Crippen molar-refractivity contribution in [2.45, 2.75) is 18.6 Å². The quantitative estimate of drug-likeness (QED) is 0.788. The molecular formula is C11H10BrFN4O2. The van der Waals surface area contributed by atoms with Crippen molar-refractivity contribution in [2.24, 2.45) is 0 Å². The number of aromatic nitrogens is 3. The molecule has 19 heavy (non-hydrogen) atoms. The maximum Gasteiger partial charge on any atom is 0.408 e. The third-order valence-corrected chi connectivity index (χ3v) is 3.58. The number of H-pyrrole nitrogens is 1. The molecule has 1 saturated heterocycles. The van der Waals surface area contributed by atoms with E-state index in [4.69, 9.17) is 5.11 Å². The fourth-order valence-corrected chi connectivity index (χ4v) is 2.60. The summed E-state index contributed by atoms with van der Waals surface area (Å²) >= 11 is 3.24. The van der Waals surface area contributed by atoms with Crippen molar-refractivity contribution in [3.8, 4) is 0 Å². The van der Waals surface area contributed by atoms with Crippen LogP contribution in [-0.2, 0) is 0 Å². The first-order chi connectivity index (χ1) is 9.04. The maximum atomic E-state index is 13.4. The van der Waals surface area contributed by atoms with Gasteiger partial charge in [-0.3, -0.25) is 4.90 Å². The summed E-state index contributed by atoms with van der Waals surface area (Å²) in [7, 11) is 0. The van der Waals surface area contributed by atoms with E-state index in [2.05, 4.69) is 30.9 Å². The minimum absolute atomic E-state index is 0.117. The number of hydrogen-bond donors (Lipinski definition) is 2. The number of imidazole rings is 1. The summed E-state index contributed by atoms with van der Waals surface area (Å²) in [5.41, 5.74) is 1.18. The van der Waals surface area contributed by atoms with Gasteiger partial charge in [-0.1, -0.05) is 0 Å². The number of carbonyl (C=O) groups is 1. The topological polar surface area (TPSA) is 82.1 Å². The summed E-state index contributed by atoms with van der Waals surface area (Å²) in [5.74, 6) is 0.433. The number of fused-ring (bicyclic) bond motifs is 1. The number of amides is 1. The van der Waals surface area contributed by atoms with E-state index < -0.39 is 18.3 Å². The molecule has 100 valence electrons. The van der Waals surface area contributed by atoms with E-state index in [0.717, 1.165) is 4.90 Å². The van der Waals surface area contributed by atoms with Crippen LogP contribution in [0.4, 0.5) is 9.18 Å². The van der Waals surface area contributed by atoms with Crippen LogP contribution in [0.5, 0.6) is 0 Å². The predicted octanol–water partition coefficient (Wildman–Crippen LogP) is 2.48. The van der Waals surface area contributed by atoms with Gasteiger partial charge in [0.25, 0.3) is 0 Å². The Kier molecular flexibility index (Phi) is 2.89. The molecule has 6 nitrogen and oxygen atoms in total. The Bertz CT molecular complexity index is 647. The standard InChI is InChI=1S/C11H10BrFN4O2/c12-8-2-1-6-9(15-8)16-10(14-6)7-3-5(13)4-17(7)11(18)19/h1-2,5,7H,3-4H2,(H,18,19)(H,14,15,16)/t5-,7+/m1/s1. The van der Waals surface area contributed by atoms with Crippen LogP contribution in [-0.4, -0.2) is 43.8 Å². The number of alkyl halides is 1. The second kappa shape index (κ2) is 4.44. The number of pyridine rings is 1. The molecule has 1 fully saturated rings. The average molecular weight is 329 g/mol. The van der Waals surface area contributed by atoms with Crippen LogP contribution in [0.25, 0.3) is 11.2 Å². The van der Waals surface area contributed by atoms with E-state index >= 15 is 0 Å². The molecule has 0 saturated carbocycles. The summed E-state index contributed by atoms with van der Waals surface area (Å²) in [4.78, 5) is 23.6. The third kappa shape index (κ3) is 2.16. The number of rotatable bonds is 1. The van der Waals surface area contributed by atoms with Crippen LogP contribution >= 0.6 is 15.9 Å². The Morgan fingerprint density at radius 3 is 3.05 bits per heavy atom. The Hall–Kier alpha value is -1.70. The van der Waals surface area contributed by atoms with Crippen LogP contribution < -0.4 is 0 Å². The summed E-state index contributed by atoms with van der Waals surface area (Å²) in [6.07, 6.45) is -2.18. The number of nitrogens with zero attached hydrogens (tertiary/aromatic N) is 3.